The number of carbonyl (C=O) groups excluding carboxylic acids is 3. The second-order valence-electron chi connectivity index (χ2n) is 10.5. The van der Waals surface area contributed by atoms with E-state index in [0.29, 0.717) is 24.9 Å². The zero-order valence-electron chi connectivity index (χ0n) is 21.4. The number of likely N-dealkylation sites (tertiary alicyclic amines) is 1. The number of carboxylic acids is 1. The van der Waals surface area contributed by atoms with Crippen LogP contribution in [0.25, 0.3) is 0 Å². The lowest BCUT2D eigenvalue weighted by Gasteiger charge is -2.54. The molecule has 2 bridgehead atoms. The summed E-state index contributed by atoms with van der Waals surface area (Å²) < 4.78 is 0. The molecule has 7 nitrogen and oxygen atoms in total. The number of benzene rings is 3. The molecule has 3 aromatic rings. The van der Waals surface area contributed by atoms with Crippen LogP contribution in [0.15, 0.2) is 72.8 Å². The number of hydrogen-bond acceptors (Lipinski definition) is 4. The topological polar surface area (TPSA) is 104 Å². The fourth-order valence-electron chi connectivity index (χ4n) is 6.60. The summed E-state index contributed by atoms with van der Waals surface area (Å²) in [4.78, 5) is 49.8. The highest BCUT2D eigenvalue weighted by Crippen LogP contribution is 2.69. The standard InChI is InChI=1S/C31H26Cl2N2O5/c32-30-20-8-3-4-9-21(20)31(33,23-11-6-5-10-22(23)30)26-25(30)27(37)35(28(26)38)17-7-1-2-12-24(36)34-19-15-13-18(14-16-19)29(39)40/h3-6,8-11,13-16,25-26H,1-2,7,12,17H2,(H,34,36)(H,39,40)/t25-,26-,30?,31?/m0/s1. The SMILES string of the molecule is O=C(CCCCCN1C(=O)[C@@H]2[C@@H](C1=O)C1(Cl)c3ccccc3C2(Cl)c2ccccc21)Nc1ccc(C(=O)O)cc1. The number of nitrogens with one attached hydrogen (secondary N) is 1. The maximum atomic E-state index is 13.8. The van der Waals surface area contributed by atoms with Crippen molar-refractivity contribution in [1.29, 1.82) is 0 Å². The fraction of sp³-hybridized carbons (Fsp3) is 0.290. The highest BCUT2D eigenvalue weighted by atomic mass is 35.5. The molecule has 0 spiro atoms. The number of alkyl halides is 2. The molecule has 204 valence electrons. The van der Waals surface area contributed by atoms with Crippen molar-refractivity contribution in [3.63, 3.8) is 0 Å². The Morgan fingerprint density at radius 2 is 1.23 bits per heavy atom. The maximum absolute atomic E-state index is 13.8. The normalized spacial score (nSPS) is 25.8. The number of nitrogens with zero attached hydrogens (tertiary/aromatic N) is 1. The Morgan fingerprint density at radius 3 is 1.68 bits per heavy atom. The number of imide groups is 1. The summed E-state index contributed by atoms with van der Waals surface area (Å²) in [6.45, 7) is 0.232. The minimum absolute atomic E-state index is 0.143. The Hall–Kier alpha value is -3.68. The van der Waals surface area contributed by atoms with E-state index < -0.39 is 27.6 Å². The second kappa shape index (κ2) is 9.75. The van der Waals surface area contributed by atoms with Crippen LogP contribution in [0.2, 0.25) is 0 Å². The van der Waals surface area contributed by atoms with Gasteiger partial charge in [0.15, 0.2) is 0 Å². The Kier molecular flexibility index (Phi) is 6.47. The van der Waals surface area contributed by atoms with Gasteiger partial charge in [-0.2, -0.15) is 0 Å². The van der Waals surface area contributed by atoms with Crippen LogP contribution in [0, 0.1) is 11.8 Å². The van der Waals surface area contributed by atoms with Gasteiger partial charge in [-0.25, -0.2) is 4.79 Å². The van der Waals surface area contributed by atoms with Gasteiger partial charge in [0.1, 0.15) is 9.75 Å². The summed E-state index contributed by atoms with van der Waals surface area (Å²) in [7, 11) is 0. The summed E-state index contributed by atoms with van der Waals surface area (Å²) in [5.74, 6) is -3.44. The van der Waals surface area contributed by atoms with E-state index in [-0.39, 0.29) is 36.3 Å². The number of aromatic carboxylic acids is 1. The third-order valence-corrected chi connectivity index (χ3v) is 9.66. The molecule has 2 atom stereocenters. The molecule has 0 unspecified atom stereocenters. The molecule has 3 aromatic carbocycles. The molecule has 1 saturated heterocycles. The van der Waals surface area contributed by atoms with Crippen LogP contribution in [0.4, 0.5) is 5.69 Å². The van der Waals surface area contributed by atoms with Crippen molar-refractivity contribution in [3.8, 4) is 0 Å². The van der Waals surface area contributed by atoms with Crippen LogP contribution in [0.3, 0.4) is 0 Å². The van der Waals surface area contributed by atoms with E-state index in [2.05, 4.69) is 5.32 Å². The lowest BCUT2D eigenvalue weighted by molar-refractivity contribution is -0.140. The molecular weight excluding hydrogens is 551 g/mol. The van der Waals surface area contributed by atoms with Crippen molar-refractivity contribution in [1.82, 2.24) is 4.90 Å². The molecule has 1 fully saturated rings. The van der Waals surface area contributed by atoms with Gasteiger partial charge >= 0.3 is 5.97 Å². The van der Waals surface area contributed by atoms with Gasteiger partial charge in [-0.15, -0.1) is 23.2 Å². The quantitative estimate of drug-likeness (QED) is 0.210. The zero-order valence-corrected chi connectivity index (χ0v) is 22.9. The molecule has 7 rings (SSSR count). The lowest BCUT2D eigenvalue weighted by atomic mass is 9.54. The first-order chi connectivity index (χ1) is 19.2. The molecule has 40 heavy (non-hydrogen) atoms. The van der Waals surface area contributed by atoms with Gasteiger partial charge in [-0.05, 0) is 59.4 Å². The van der Waals surface area contributed by atoms with Crippen LogP contribution in [-0.4, -0.2) is 40.2 Å². The first kappa shape index (κ1) is 26.5. The predicted octanol–water partition coefficient (Wildman–Crippen LogP) is 5.48. The monoisotopic (exact) mass is 576 g/mol. The van der Waals surface area contributed by atoms with Gasteiger partial charge in [0.2, 0.25) is 17.7 Å². The number of carbonyl (C=O) groups is 4. The summed E-state index contributed by atoms with van der Waals surface area (Å²) in [5.41, 5.74) is 3.77. The van der Waals surface area contributed by atoms with Gasteiger partial charge in [0.05, 0.1) is 17.4 Å². The molecule has 1 aliphatic heterocycles. The molecule has 0 radical (unpaired) electrons. The summed E-state index contributed by atoms with van der Waals surface area (Å²) >= 11 is 14.8. The van der Waals surface area contributed by atoms with E-state index >= 15 is 0 Å². The predicted molar refractivity (Wildman–Crippen MR) is 150 cm³/mol. The highest BCUT2D eigenvalue weighted by molar-refractivity contribution is 6.36. The number of rotatable bonds is 8. The van der Waals surface area contributed by atoms with Crippen molar-refractivity contribution < 1.29 is 24.3 Å². The Labute approximate surface area is 241 Å². The Balaban J connectivity index is 1.12. The van der Waals surface area contributed by atoms with Crippen LogP contribution < -0.4 is 5.32 Å². The van der Waals surface area contributed by atoms with Crippen molar-refractivity contribution >= 4 is 52.6 Å². The van der Waals surface area contributed by atoms with Gasteiger partial charge < -0.3 is 10.4 Å². The van der Waals surface area contributed by atoms with Crippen LogP contribution in [-0.2, 0) is 24.1 Å². The van der Waals surface area contributed by atoms with Crippen molar-refractivity contribution in [2.75, 3.05) is 11.9 Å². The Bertz CT molecular complexity index is 1430. The number of carboxylic acid groups (broad SMARTS) is 1. The minimum Gasteiger partial charge on any atom is -0.478 e. The first-order valence-corrected chi connectivity index (χ1v) is 14.0. The molecule has 3 aliphatic carbocycles. The molecule has 2 N–H and O–H groups in total. The van der Waals surface area contributed by atoms with Crippen molar-refractivity contribution in [2.45, 2.75) is 35.4 Å². The lowest BCUT2D eigenvalue weighted by Crippen LogP contribution is -2.57. The van der Waals surface area contributed by atoms with Crippen molar-refractivity contribution in [2.24, 2.45) is 11.8 Å². The van der Waals surface area contributed by atoms with Crippen LogP contribution in [0.5, 0.6) is 0 Å². The summed E-state index contributed by atoms with van der Waals surface area (Å²) in [5, 5.41) is 11.7. The number of anilines is 1. The van der Waals surface area contributed by atoms with Crippen LogP contribution in [0.1, 0.15) is 58.3 Å². The maximum Gasteiger partial charge on any atom is 0.335 e. The second-order valence-corrected chi connectivity index (χ2v) is 11.7. The number of amides is 3. The van der Waals surface area contributed by atoms with E-state index in [0.717, 1.165) is 22.3 Å². The average Bonchev–Trinajstić information content (AvgIpc) is 3.22. The van der Waals surface area contributed by atoms with E-state index in [1.807, 2.05) is 48.5 Å². The molecule has 4 aliphatic rings. The molecule has 0 aromatic heterocycles. The third kappa shape index (κ3) is 3.79. The third-order valence-electron chi connectivity index (χ3n) is 8.38. The van der Waals surface area contributed by atoms with Gasteiger partial charge in [0.25, 0.3) is 0 Å². The zero-order chi connectivity index (χ0) is 28.2. The number of hydrogen-bond donors (Lipinski definition) is 2. The number of halogens is 2. The molecule has 9 heteroatoms. The average molecular weight is 577 g/mol. The largest absolute Gasteiger partial charge is 0.478 e. The van der Waals surface area contributed by atoms with E-state index in [9.17, 15) is 19.2 Å². The minimum atomic E-state index is -1.18. The first-order valence-electron chi connectivity index (χ1n) is 13.2. The van der Waals surface area contributed by atoms with Crippen LogP contribution >= 0.6 is 23.2 Å². The van der Waals surface area contributed by atoms with E-state index in [4.69, 9.17) is 28.3 Å². The highest BCUT2D eigenvalue weighted by Gasteiger charge is 2.72. The van der Waals surface area contributed by atoms with Gasteiger partial charge in [-0.1, -0.05) is 55.0 Å². The summed E-state index contributed by atoms with van der Waals surface area (Å²) in [6, 6.07) is 21.1. The molecule has 1 heterocycles. The fourth-order valence-corrected chi connectivity index (χ4v) is 7.69. The van der Waals surface area contributed by atoms with E-state index in [1.54, 1.807) is 12.1 Å². The number of unbranched alkanes of at least 4 members (excludes halogenated alkanes) is 2. The van der Waals surface area contributed by atoms with Gasteiger partial charge in [-0.3, -0.25) is 19.3 Å². The van der Waals surface area contributed by atoms with E-state index in [1.165, 1.54) is 17.0 Å². The summed E-state index contributed by atoms with van der Waals surface area (Å²) in [6.07, 6.45) is 2.00. The molecule has 0 saturated carbocycles. The van der Waals surface area contributed by atoms with Gasteiger partial charge in [0, 0.05) is 18.7 Å². The van der Waals surface area contributed by atoms with Crippen molar-refractivity contribution in [3.05, 3.63) is 101 Å². The molecule has 3 amide bonds. The smallest absolute Gasteiger partial charge is 0.335 e. The Morgan fingerprint density at radius 1 is 0.750 bits per heavy atom. The molecular formula is C31H26Cl2N2O5.